The zero-order chi connectivity index (χ0) is 13.0. The van der Waals surface area contributed by atoms with Crippen LogP contribution in [0.15, 0.2) is 12.4 Å². The van der Waals surface area contributed by atoms with Gasteiger partial charge >= 0.3 is 0 Å². The molecule has 100 valence electrons. The minimum atomic E-state index is -0.0576. The predicted molar refractivity (Wildman–Crippen MR) is 70.0 cm³/mol. The lowest BCUT2D eigenvalue weighted by Crippen LogP contribution is -2.49. The van der Waals surface area contributed by atoms with Crippen LogP contribution in [0.5, 0.6) is 0 Å². The van der Waals surface area contributed by atoms with E-state index in [1.54, 1.807) is 12.4 Å². The summed E-state index contributed by atoms with van der Waals surface area (Å²) in [6, 6.07) is -0.0794. The normalized spacial score (nSPS) is 25.7. The van der Waals surface area contributed by atoms with Crippen molar-refractivity contribution < 1.29 is 4.79 Å². The maximum Gasteiger partial charge on any atom is 0.237 e. The molecule has 0 spiro atoms. The number of nitrogens with one attached hydrogen (secondary N) is 3. The van der Waals surface area contributed by atoms with Crippen molar-refractivity contribution in [2.75, 3.05) is 6.54 Å². The molecule has 2 rings (SSSR count). The van der Waals surface area contributed by atoms with Crippen LogP contribution in [0, 0.1) is 5.92 Å². The van der Waals surface area contributed by atoms with Crippen molar-refractivity contribution in [1.82, 2.24) is 20.6 Å². The van der Waals surface area contributed by atoms with E-state index in [-0.39, 0.29) is 18.0 Å². The third-order valence-corrected chi connectivity index (χ3v) is 3.56. The SMILES string of the molecule is CCC(NC(=O)C1CC(C)CCN1)c1ncc[nH]1. The van der Waals surface area contributed by atoms with E-state index >= 15 is 0 Å². The molecule has 5 nitrogen and oxygen atoms in total. The van der Waals surface area contributed by atoms with E-state index in [4.69, 9.17) is 0 Å². The Hall–Kier alpha value is -1.36. The second kappa shape index (κ2) is 6.00. The monoisotopic (exact) mass is 250 g/mol. The smallest absolute Gasteiger partial charge is 0.237 e. The molecule has 3 unspecified atom stereocenters. The zero-order valence-electron chi connectivity index (χ0n) is 11.1. The van der Waals surface area contributed by atoms with E-state index < -0.39 is 0 Å². The first kappa shape index (κ1) is 13.1. The molecule has 0 saturated carbocycles. The number of carbonyl (C=O) groups excluding carboxylic acids is 1. The van der Waals surface area contributed by atoms with Crippen molar-refractivity contribution in [2.45, 2.75) is 45.2 Å². The number of carbonyl (C=O) groups is 1. The van der Waals surface area contributed by atoms with E-state index in [0.29, 0.717) is 5.92 Å². The summed E-state index contributed by atoms with van der Waals surface area (Å²) in [5.74, 6) is 1.53. The molecule has 2 heterocycles. The van der Waals surface area contributed by atoms with Gasteiger partial charge in [0.25, 0.3) is 0 Å². The number of aromatic nitrogens is 2. The third kappa shape index (κ3) is 3.10. The Morgan fingerprint density at radius 2 is 2.50 bits per heavy atom. The van der Waals surface area contributed by atoms with Gasteiger partial charge in [-0.05, 0) is 31.7 Å². The van der Waals surface area contributed by atoms with E-state index in [2.05, 4.69) is 27.5 Å². The number of amides is 1. The molecule has 0 radical (unpaired) electrons. The van der Waals surface area contributed by atoms with Gasteiger partial charge in [0.05, 0.1) is 12.1 Å². The molecule has 3 atom stereocenters. The average Bonchev–Trinajstić information content (AvgIpc) is 2.89. The highest BCUT2D eigenvalue weighted by Crippen LogP contribution is 2.17. The molecule has 1 aromatic heterocycles. The Kier molecular flexibility index (Phi) is 4.36. The summed E-state index contributed by atoms with van der Waals surface area (Å²) in [5.41, 5.74) is 0. The molecular weight excluding hydrogens is 228 g/mol. The van der Waals surface area contributed by atoms with Crippen LogP contribution in [-0.2, 0) is 4.79 Å². The highest BCUT2D eigenvalue weighted by molar-refractivity contribution is 5.82. The molecule has 18 heavy (non-hydrogen) atoms. The highest BCUT2D eigenvalue weighted by Gasteiger charge is 2.26. The molecule has 1 saturated heterocycles. The van der Waals surface area contributed by atoms with E-state index in [9.17, 15) is 4.79 Å². The topological polar surface area (TPSA) is 69.8 Å². The van der Waals surface area contributed by atoms with Gasteiger partial charge in [-0.2, -0.15) is 0 Å². The first-order valence-corrected chi connectivity index (χ1v) is 6.73. The Balaban J connectivity index is 1.93. The molecule has 3 N–H and O–H groups in total. The van der Waals surface area contributed by atoms with Crippen LogP contribution in [0.2, 0.25) is 0 Å². The zero-order valence-corrected chi connectivity index (χ0v) is 11.1. The van der Waals surface area contributed by atoms with Crippen LogP contribution in [0.25, 0.3) is 0 Å². The van der Waals surface area contributed by atoms with Crippen molar-refractivity contribution in [3.63, 3.8) is 0 Å². The van der Waals surface area contributed by atoms with Crippen molar-refractivity contribution in [3.05, 3.63) is 18.2 Å². The fourth-order valence-electron chi connectivity index (χ4n) is 2.41. The van der Waals surface area contributed by atoms with Crippen molar-refractivity contribution in [1.29, 1.82) is 0 Å². The van der Waals surface area contributed by atoms with Crippen LogP contribution >= 0.6 is 0 Å². The van der Waals surface area contributed by atoms with E-state index in [0.717, 1.165) is 31.6 Å². The van der Waals surface area contributed by atoms with Gasteiger partial charge in [0.15, 0.2) is 0 Å². The van der Waals surface area contributed by atoms with Crippen LogP contribution < -0.4 is 10.6 Å². The van der Waals surface area contributed by atoms with Gasteiger partial charge in [-0.1, -0.05) is 13.8 Å². The molecule has 0 bridgehead atoms. The molecule has 1 amide bonds. The first-order valence-electron chi connectivity index (χ1n) is 6.73. The number of hydrogen-bond donors (Lipinski definition) is 3. The Morgan fingerprint density at radius 3 is 3.11 bits per heavy atom. The summed E-state index contributed by atoms with van der Waals surface area (Å²) in [5, 5.41) is 6.35. The van der Waals surface area contributed by atoms with Gasteiger partial charge in [-0.25, -0.2) is 4.98 Å². The van der Waals surface area contributed by atoms with Gasteiger partial charge < -0.3 is 15.6 Å². The van der Waals surface area contributed by atoms with Crippen LogP contribution in [-0.4, -0.2) is 28.5 Å². The summed E-state index contributed by atoms with van der Waals surface area (Å²) in [4.78, 5) is 19.5. The lowest BCUT2D eigenvalue weighted by Gasteiger charge is -2.28. The third-order valence-electron chi connectivity index (χ3n) is 3.56. The molecular formula is C13H22N4O. The number of rotatable bonds is 4. The van der Waals surface area contributed by atoms with E-state index in [1.165, 1.54) is 0 Å². The minimum Gasteiger partial charge on any atom is -0.347 e. The first-order chi connectivity index (χ1) is 8.70. The lowest BCUT2D eigenvalue weighted by molar-refractivity contribution is -0.124. The summed E-state index contributed by atoms with van der Waals surface area (Å²) in [6.45, 7) is 5.17. The standard InChI is InChI=1S/C13H22N4O/c1-3-10(12-15-6-7-16-12)17-13(18)11-8-9(2)4-5-14-11/h6-7,9-11,14H,3-5,8H2,1-2H3,(H,15,16)(H,17,18). The second-order valence-electron chi connectivity index (χ2n) is 5.08. The quantitative estimate of drug-likeness (QED) is 0.756. The van der Waals surface area contributed by atoms with Gasteiger partial charge in [0, 0.05) is 12.4 Å². The predicted octanol–water partition coefficient (Wildman–Crippen LogP) is 1.37. The maximum absolute atomic E-state index is 12.2. The molecule has 5 heteroatoms. The summed E-state index contributed by atoms with van der Waals surface area (Å²) in [6.07, 6.45) is 6.40. The summed E-state index contributed by atoms with van der Waals surface area (Å²) < 4.78 is 0. The van der Waals surface area contributed by atoms with Crippen molar-refractivity contribution in [3.8, 4) is 0 Å². The lowest BCUT2D eigenvalue weighted by atomic mass is 9.93. The molecule has 0 aromatic carbocycles. The largest absolute Gasteiger partial charge is 0.347 e. The molecule has 1 aliphatic rings. The second-order valence-corrected chi connectivity index (χ2v) is 5.08. The minimum absolute atomic E-state index is 0.0217. The highest BCUT2D eigenvalue weighted by atomic mass is 16.2. The Bertz CT molecular complexity index is 376. The Morgan fingerprint density at radius 1 is 1.67 bits per heavy atom. The van der Waals surface area contributed by atoms with Crippen LogP contribution in [0.3, 0.4) is 0 Å². The van der Waals surface area contributed by atoms with Crippen molar-refractivity contribution >= 4 is 5.91 Å². The summed E-state index contributed by atoms with van der Waals surface area (Å²) in [7, 11) is 0. The fourth-order valence-corrected chi connectivity index (χ4v) is 2.41. The Labute approximate surface area is 108 Å². The number of hydrogen-bond acceptors (Lipinski definition) is 3. The van der Waals surface area contributed by atoms with Crippen LogP contribution in [0.1, 0.15) is 45.0 Å². The molecule has 1 fully saturated rings. The van der Waals surface area contributed by atoms with E-state index in [1.807, 2.05) is 6.92 Å². The van der Waals surface area contributed by atoms with Gasteiger partial charge in [-0.3, -0.25) is 4.79 Å². The average molecular weight is 250 g/mol. The maximum atomic E-state index is 12.2. The number of nitrogens with zero attached hydrogens (tertiary/aromatic N) is 1. The number of H-pyrrole nitrogens is 1. The number of aromatic amines is 1. The van der Waals surface area contributed by atoms with Crippen molar-refractivity contribution in [2.24, 2.45) is 5.92 Å². The number of piperidine rings is 1. The number of imidazole rings is 1. The van der Waals surface area contributed by atoms with Crippen LogP contribution in [0.4, 0.5) is 0 Å². The fraction of sp³-hybridized carbons (Fsp3) is 0.692. The molecule has 1 aliphatic heterocycles. The van der Waals surface area contributed by atoms with Gasteiger partial charge in [0.2, 0.25) is 5.91 Å². The van der Waals surface area contributed by atoms with Gasteiger partial charge in [0.1, 0.15) is 5.82 Å². The summed E-state index contributed by atoms with van der Waals surface area (Å²) >= 11 is 0. The molecule has 1 aromatic rings. The van der Waals surface area contributed by atoms with Gasteiger partial charge in [-0.15, -0.1) is 0 Å². The molecule has 0 aliphatic carbocycles.